The molecule has 0 fully saturated rings. The monoisotopic (exact) mass is 253 g/mol. The molecular weight excluding hydrogens is 234 g/mol. The number of benzene rings is 1. The molecule has 0 heterocycles. The van der Waals surface area contributed by atoms with Crippen LogP contribution in [0.25, 0.3) is 0 Å². The molecule has 1 aromatic carbocycles. The lowest BCUT2D eigenvalue weighted by Gasteiger charge is -2.14. The Morgan fingerprint density at radius 2 is 1.83 bits per heavy atom. The van der Waals surface area contributed by atoms with Crippen molar-refractivity contribution in [3.8, 4) is 11.5 Å². The van der Waals surface area contributed by atoms with Gasteiger partial charge in [0.15, 0.2) is 11.5 Å². The van der Waals surface area contributed by atoms with Crippen molar-refractivity contribution < 1.29 is 19.0 Å². The van der Waals surface area contributed by atoms with Gasteiger partial charge in [0, 0.05) is 0 Å². The van der Waals surface area contributed by atoms with Gasteiger partial charge in [-0.3, -0.25) is 4.79 Å². The maximum atomic E-state index is 11.4. The van der Waals surface area contributed by atoms with E-state index in [1.165, 1.54) is 7.11 Å². The first-order valence-corrected chi connectivity index (χ1v) is 5.87. The number of methoxy groups -OCH3 is 1. The topological polar surface area (TPSA) is 70.8 Å². The maximum Gasteiger partial charge on any atom is 0.327 e. The van der Waals surface area contributed by atoms with Crippen LogP contribution < -0.4 is 15.2 Å². The van der Waals surface area contributed by atoms with Gasteiger partial charge in [-0.05, 0) is 31.5 Å². The van der Waals surface area contributed by atoms with Crippen LogP contribution in [-0.4, -0.2) is 26.3 Å². The predicted octanol–water partition coefficient (Wildman–Crippen LogP) is 1.66. The molecule has 100 valence electrons. The van der Waals surface area contributed by atoms with Crippen molar-refractivity contribution in [1.29, 1.82) is 0 Å². The Kier molecular flexibility index (Phi) is 5.45. The summed E-state index contributed by atoms with van der Waals surface area (Å²) in [4.78, 5) is 11.4. The average molecular weight is 253 g/mol. The Balaban J connectivity index is 3.01. The van der Waals surface area contributed by atoms with Crippen LogP contribution in [0.4, 0.5) is 0 Å². The van der Waals surface area contributed by atoms with Gasteiger partial charge >= 0.3 is 5.97 Å². The van der Waals surface area contributed by atoms with Crippen molar-refractivity contribution >= 4 is 5.97 Å². The molecule has 0 aliphatic rings. The van der Waals surface area contributed by atoms with Crippen molar-refractivity contribution in [2.24, 2.45) is 5.73 Å². The Bertz CT molecular complexity index is 406. The number of hydrogen-bond acceptors (Lipinski definition) is 5. The largest absolute Gasteiger partial charge is 0.490 e. The van der Waals surface area contributed by atoms with E-state index in [4.69, 9.17) is 15.2 Å². The van der Waals surface area contributed by atoms with Gasteiger partial charge in [-0.25, -0.2) is 0 Å². The Morgan fingerprint density at radius 1 is 1.22 bits per heavy atom. The first kappa shape index (κ1) is 14.3. The molecule has 1 rings (SSSR count). The molecule has 0 aliphatic carbocycles. The molecule has 0 saturated carbocycles. The molecule has 0 aromatic heterocycles. The zero-order valence-corrected chi connectivity index (χ0v) is 10.9. The molecule has 5 heteroatoms. The minimum Gasteiger partial charge on any atom is -0.490 e. The average Bonchev–Trinajstić information content (AvgIpc) is 2.39. The Labute approximate surface area is 107 Å². The van der Waals surface area contributed by atoms with Crippen LogP contribution in [0.15, 0.2) is 18.2 Å². The van der Waals surface area contributed by atoms with Crippen molar-refractivity contribution in [3.63, 3.8) is 0 Å². The number of ether oxygens (including phenoxy) is 3. The van der Waals surface area contributed by atoms with Crippen LogP contribution in [0.3, 0.4) is 0 Å². The third kappa shape index (κ3) is 3.37. The van der Waals surface area contributed by atoms with Gasteiger partial charge in [0.25, 0.3) is 0 Å². The van der Waals surface area contributed by atoms with Crippen molar-refractivity contribution in [3.05, 3.63) is 23.8 Å². The van der Waals surface area contributed by atoms with Gasteiger partial charge in [-0.2, -0.15) is 0 Å². The molecule has 0 saturated heterocycles. The minimum atomic E-state index is -0.815. The van der Waals surface area contributed by atoms with Crippen LogP contribution in [-0.2, 0) is 9.53 Å². The number of carbonyl (C=O) groups is 1. The summed E-state index contributed by atoms with van der Waals surface area (Å²) in [6.45, 7) is 4.83. The summed E-state index contributed by atoms with van der Waals surface area (Å²) in [5.41, 5.74) is 6.40. The molecular formula is C13H19NO4. The summed E-state index contributed by atoms with van der Waals surface area (Å²) in [7, 11) is 1.31. The summed E-state index contributed by atoms with van der Waals surface area (Å²) in [6.07, 6.45) is 0. The maximum absolute atomic E-state index is 11.4. The van der Waals surface area contributed by atoms with Crippen LogP contribution in [0.5, 0.6) is 11.5 Å². The second-order valence-corrected chi connectivity index (χ2v) is 3.57. The van der Waals surface area contributed by atoms with Crippen LogP contribution >= 0.6 is 0 Å². The highest BCUT2D eigenvalue weighted by molar-refractivity contribution is 5.77. The fourth-order valence-corrected chi connectivity index (χ4v) is 1.52. The molecule has 18 heavy (non-hydrogen) atoms. The lowest BCUT2D eigenvalue weighted by Crippen LogP contribution is -2.22. The first-order chi connectivity index (χ1) is 8.63. The van der Waals surface area contributed by atoms with E-state index in [1.807, 2.05) is 13.8 Å². The fraction of sp³-hybridized carbons (Fsp3) is 0.462. The molecule has 0 amide bonds. The van der Waals surface area contributed by atoms with E-state index in [9.17, 15) is 4.79 Å². The SMILES string of the molecule is CCOc1ccc(C(N)C(=O)OC)cc1OCC. The second-order valence-electron chi connectivity index (χ2n) is 3.57. The van der Waals surface area contributed by atoms with E-state index in [0.717, 1.165) is 0 Å². The predicted molar refractivity (Wildman–Crippen MR) is 67.7 cm³/mol. The van der Waals surface area contributed by atoms with Gasteiger partial charge in [-0.15, -0.1) is 0 Å². The number of hydrogen-bond donors (Lipinski definition) is 1. The molecule has 0 spiro atoms. The third-order valence-electron chi connectivity index (χ3n) is 2.38. The van der Waals surface area contributed by atoms with Crippen molar-refractivity contribution in [1.82, 2.24) is 0 Å². The summed E-state index contributed by atoms with van der Waals surface area (Å²) >= 11 is 0. The summed E-state index contributed by atoms with van der Waals surface area (Å²) in [5.74, 6) is 0.734. The molecule has 1 aromatic rings. The van der Waals surface area contributed by atoms with Crippen LogP contribution in [0.2, 0.25) is 0 Å². The van der Waals surface area contributed by atoms with Crippen molar-refractivity contribution in [2.75, 3.05) is 20.3 Å². The van der Waals surface area contributed by atoms with Gasteiger partial charge in [0.1, 0.15) is 6.04 Å². The van der Waals surface area contributed by atoms with Gasteiger partial charge in [0.2, 0.25) is 0 Å². The lowest BCUT2D eigenvalue weighted by molar-refractivity contribution is -0.142. The highest BCUT2D eigenvalue weighted by atomic mass is 16.5. The summed E-state index contributed by atoms with van der Waals surface area (Å²) < 4.78 is 15.5. The molecule has 1 atom stereocenters. The highest BCUT2D eigenvalue weighted by Crippen LogP contribution is 2.30. The third-order valence-corrected chi connectivity index (χ3v) is 2.38. The number of esters is 1. The molecule has 0 radical (unpaired) electrons. The standard InChI is InChI=1S/C13H19NO4/c1-4-17-10-7-6-9(8-11(10)18-5-2)12(14)13(15)16-3/h6-8,12H,4-5,14H2,1-3H3. The molecule has 0 bridgehead atoms. The van der Waals surface area contributed by atoms with E-state index in [1.54, 1.807) is 18.2 Å². The molecule has 0 aliphatic heterocycles. The quantitative estimate of drug-likeness (QED) is 0.781. The van der Waals surface area contributed by atoms with Crippen LogP contribution in [0, 0.1) is 0 Å². The number of nitrogens with two attached hydrogens (primary N) is 1. The summed E-state index contributed by atoms with van der Waals surface area (Å²) in [5, 5.41) is 0. The zero-order valence-electron chi connectivity index (χ0n) is 10.9. The Hall–Kier alpha value is -1.75. The van der Waals surface area contributed by atoms with E-state index in [-0.39, 0.29) is 0 Å². The van der Waals surface area contributed by atoms with Gasteiger partial charge < -0.3 is 19.9 Å². The minimum absolute atomic E-state index is 0.485. The lowest BCUT2D eigenvalue weighted by atomic mass is 10.1. The highest BCUT2D eigenvalue weighted by Gasteiger charge is 2.18. The van der Waals surface area contributed by atoms with E-state index in [2.05, 4.69) is 4.74 Å². The van der Waals surface area contributed by atoms with Crippen molar-refractivity contribution in [2.45, 2.75) is 19.9 Å². The van der Waals surface area contributed by atoms with E-state index >= 15 is 0 Å². The number of carbonyl (C=O) groups excluding carboxylic acids is 1. The van der Waals surface area contributed by atoms with Gasteiger partial charge in [-0.1, -0.05) is 6.07 Å². The van der Waals surface area contributed by atoms with E-state index in [0.29, 0.717) is 30.3 Å². The molecule has 1 unspecified atom stereocenters. The Morgan fingerprint density at radius 3 is 2.39 bits per heavy atom. The number of rotatable bonds is 6. The molecule has 5 nitrogen and oxygen atoms in total. The smallest absolute Gasteiger partial charge is 0.327 e. The fourth-order valence-electron chi connectivity index (χ4n) is 1.52. The molecule has 2 N–H and O–H groups in total. The first-order valence-electron chi connectivity index (χ1n) is 5.87. The zero-order chi connectivity index (χ0) is 13.5. The van der Waals surface area contributed by atoms with Crippen LogP contribution in [0.1, 0.15) is 25.5 Å². The van der Waals surface area contributed by atoms with E-state index < -0.39 is 12.0 Å². The second kappa shape index (κ2) is 6.86. The normalized spacial score (nSPS) is 11.8. The van der Waals surface area contributed by atoms with Gasteiger partial charge in [0.05, 0.1) is 20.3 Å². The summed E-state index contributed by atoms with van der Waals surface area (Å²) in [6, 6.07) is 4.36.